The maximum Gasteiger partial charge on any atom is 0.136 e. The van der Waals surface area contributed by atoms with Crippen molar-refractivity contribution in [3.05, 3.63) is 0 Å². The number of rotatable bonds is 11. The van der Waals surface area contributed by atoms with E-state index in [9.17, 15) is 19.2 Å². The second-order valence-corrected chi connectivity index (χ2v) is 5.95. The zero-order chi connectivity index (χ0) is 15.7. The Labute approximate surface area is 121 Å². The number of ketones is 4. The molecule has 0 N–H and O–H groups in total. The molecule has 0 saturated carbocycles. The minimum Gasteiger partial charge on any atom is -0.300 e. The molecule has 0 saturated heterocycles. The van der Waals surface area contributed by atoms with E-state index < -0.39 is 0 Å². The lowest BCUT2D eigenvalue weighted by Gasteiger charge is -2.08. The molecule has 0 aliphatic carbocycles. The van der Waals surface area contributed by atoms with E-state index in [2.05, 4.69) is 0 Å². The molecule has 0 heterocycles. The van der Waals surface area contributed by atoms with Crippen molar-refractivity contribution in [3.63, 3.8) is 0 Å². The van der Waals surface area contributed by atoms with Crippen LogP contribution in [-0.4, -0.2) is 23.1 Å². The molecule has 114 valence electrons. The van der Waals surface area contributed by atoms with Crippen molar-refractivity contribution in [2.45, 2.75) is 66.2 Å². The van der Waals surface area contributed by atoms with E-state index in [1.54, 1.807) is 6.92 Å². The molecule has 1 unspecified atom stereocenters. The minimum absolute atomic E-state index is 0.0172. The van der Waals surface area contributed by atoms with Gasteiger partial charge in [-0.2, -0.15) is 0 Å². The summed E-state index contributed by atoms with van der Waals surface area (Å²) >= 11 is 0. The Morgan fingerprint density at radius 3 is 1.75 bits per heavy atom. The summed E-state index contributed by atoms with van der Waals surface area (Å²) in [6.45, 7) is 7.10. The molecule has 4 heteroatoms. The molecule has 0 radical (unpaired) electrons. The molecular formula is C16H26O4. The monoisotopic (exact) mass is 282 g/mol. The Kier molecular flexibility index (Phi) is 8.93. The van der Waals surface area contributed by atoms with Gasteiger partial charge in [-0.1, -0.05) is 20.8 Å². The molecule has 0 amide bonds. The first kappa shape index (κ1) is 18.7. The molecule has 1 atom stereocenters. The number of hydrogen-bond donors (Lipinski definition) is 0. The van der Waals surface area contributed by atoms with Crippen molar-refractivity contribution in [2.24, 2.45) is 11.8 Å². The topological polar surface area (TPSA) is 68.3 Å². The third-order valence-corrected chi connectivity index (χ3v) is 3.11. The van der Waals surface area contributed by atoms with Gasteiger partial charge in [-0.15, -0.1) is 0 Å². The minimum atomic E-state index is -0.317. The number of Topliss-reactive ketones (excluding diaryl/α,β-unsaturated/α-hetero) is 4. The molecule has 0 bridgehead atoms. The van der Waals surface area contributed by atoms with Crippen molar-refractivity contribution in [1.82, 2.24) is 0 Å². The van der Waals surface area contributed by atoms with E-state index in [-0.39, 0.29) is 61.2 Å². The van der Waals surface area contributed by atoms with Crippen LogP contribution in [0.2, 0.25) is 0 Å². The van der Waals surface area contributed by atoms with Crippen molar-refractivity contribution in [1.29, 1.82) is 0 Å². The van der Waals surface area contributed by atoms with Gasteiger partial charge in [-0.3, -0.25) is 14.4 Å². The molecule has 0 aromatic rings. The van der Waals surface area contributed by atoms with Crippen LogP contribution in [0.4, 0.5) is 0 Å². The van der Waals surface area contributed by atoms with Gasteiger partial charge in [0.2, 0.25) is 0 Å². The summed E-state index contributed by atoms with van der Waals surface area (Å²) in [5, 5.41) is 0. The Hall–Kier alpha value is -1.32. The standard InChI is InChI=1S/C16H26O4/c1-11(2)9-15(19)6-5-14(18)7-8-16(20)12(3)10-13(4)17/h11-12H,5-10H2,1-4H3. The lowest BCUT2D eigenvalue weighted by Crippen LogP contribution is -2.15. The van der Waals surface area contributed by atoms with Crippen LogP contribution in [0.15, 0.2) is 0 Å². The van der Waals surface area contributed by atoms with Crippen molar-refractivity contribution >= 4 is 23.1 Å². The third-order valence-electron chi connectivity index (χ3n) is 3.11. The summed E-state index contributed by atoms with van der Waals surface area (Å²) in [6, 6.07) is 0. The molecular weight excluding hydrogens is 256 g/mol. The Balaban J connectivity index is 3.90. The van der Waals surface area contributed by atoms with Crippen LogP contribution in [0.3, 0.4) is 0 Å². The average molecular weight is 282 g/mol. The number of carbonyl (C=O) groups excluding carboxylic acids is 4. The van der Waals surface area contributed by atoms with Crippen LogP contribution in [0.25, 0.3) is 0 Å². The molecule has 0 spiro atoms. The van der Waals surface area contributed by atoms with E-state index in [4.69, 9.17) is 0 Å². The van der Waals surface area contributed by atoms with Gasteiger partial charge in [0.1, 0.15) is 23.1 Å². The molecule has 0 aliphatic rings. The number of carbonyl (C=O) groups is 4. The Morgan fingerprint density at radius 1 is 0.750 bits per heavy atom. The molecule has 0 rings (SSSR count). The predicted octanol–water partition coefficient (Wildman–Crippen LogP) is 2.92. The van der Waals surface area contributed by atoms with Gasteiger partial charge >= 0.3 is 0 Å². The molecule has 4 nitrogen and oxygen atoms in total. The normalized spacial score (nSPS) is 12.2. The molecule has 0 fully saturated rings. The van der Waals surface area contributed by atoms with Crippen LogP contribution in [0.5, 0.6) is 0 Å². The predicted molar refractivity (Wildman–Crippen MR) is 77.4 cm³/mol. The highest BCUT2D eigenvalue weighted by molar-refractivity contribution is 5.91. The largest absolute Gasteiger partial charge is 0.300 e. The maximum atomic E-state index is 11.7. The second kappa shape index (κ2) is 9.56. The van der Waals surface area contributed by atoms with E-state index in [1.165, 1.54) is 6.92 Å². The van der Waals surface area contributed by atoms with E-state index in [1.807, 2.05) is 13.8 Å². The van der Waals surface area contributed by atoms with Gasteiger partial charge in [0.05, 0.1) is 0 Å². The first-order valence-corrected chi connectivity index (χ1v) is 7.28. The van der Waals surface area contributed by atoms with Gasteiger partial charge in [0.15, 0.2) is 0 Å². The summed E-state index contributed by atoms with van der Waals surface area (Å²) in [5.41, 5.74) is 0. The first-order chi connectivity index (χ1) is 9.22. The van der Waals surface area contributed by atoms with E-state index in [0.717, 1.165) is 0 Å². The highest BCUT2D eigenvalue weighted by Crippen LogP contribution is 2.11. The number of hydrogen-bond acceptors (Lipinski definition) is 4. The Morgan fingerprint density at radius 2 is 1.25 bits per heavy atom. The molecule has 0 aliphatic heterocycles. The third kappa shape index (κ3) is 9.59. The molecule has 20 heavy (non-hydrogen) atoms. The SMILES string of the molecule is CC(=O)CC(C)C(=O)CCC(=O)CCC(=O)CC(C)C. The van der Waals surface area contributed by atoms with Gasteiger partial charge in [0, 0.05) is 44.4 Å². The van der Waals surface area contributed by atoms with Crippen LogP contribution >= 0.6 is 0 Å². The van der Waals surface area contributed by atoms with Crippen molar-refractivity contribution in [3.8, 4) is 0 Å². The maximum absolute atomic E-state index is 11.7. The summed E-state index contributed by atoms with van der Waals surface area (Å²) in [4.78, 5) is 45.7. The highest BCUT2D eigenvalue weighted by Gasteiger charge is 2.16. The summed E-state index contributed by atoms with van der Waals surface area (Å²) < 4.78 is 0. The van der Waals surface area contributed by atoms with Crippen LogP contribution in [0.1, 0.15) is 66.2 Å². The summed E-state index contributed by atoms with van der Waals surface area (Å²) in [5.74, 6) is -0.0249. The summed E-state index contributed by atoms with van der Waals surface area (Å²) in [7, 11) is 0. The van der Waals surface area contributed by atoms with Gasteiger partial charge in [0.25, 0.3) is 0 Å². The lowest BCUT2D eigenvalue weighted by atomic mass is 9.95. The van der Waals surface area contributed by atoms with E-state index in [0.29, 0.717) is 12.3 Å². The van der Waals surface area contributed by atoms with Crippen LogP contribution < -0.4 is 0 Å². The fourth-order valence-corrected chi connectivity index (χ4v) is 2.02. The zero-order valence-corrected chi connectivity index (χ0v) is 13.0. The van der Waals surface area contributed by atoms with E-state index >= 15 is 0 Å². The fourth-order valence-electron chi connectivity index (χ4n) is 2.02. The van der Waals surface area contributed by atoms with Crippen LogP contribution in [0, 0.1) is 11.8 Å². The molecule has 0 aromatic heterocycles. The quantitative estimate of drug-likeness (QED) is 0.584. The highest BCUT2D eigenvalue weighted by atomic mass is 16.1. The Bertz CT molecular complexity index is 369. The van der Waals surface area contributed by atoms with Gasteiger partial charge in [-0.25, -0.2) is 0 Å². The second-order valence-electron chi connectivity index (χ2n) is 5.95. The van der Waals surface area contributed by atoms with Gasteiger partial charge < -0.3 is 4.79 Å². The summed E-state index contributed by atoms with van der Waals surface area (Å²) in [6.07, 6.45) is 1.58. The smallest absolute Gasteiger partial charge is 0.136 e. The average Bonchev–Trinajstić information content (AvgIpc) is 2.31. The fraction of sp³-hybridized carbons (Fsp3) is 0.750. The lowest BCUT2D eigenvalue weighted by molar-refractivity contribution is -0.129. The first-order valence-electron chi connectivity index (χ1n) is 7.28. The van der Waals surface area contributed by atoms with Crippen molar-refractivity contribution < 1.29 is 19.2 Å². The molecule has 0 aromatic carbocycles. The zero-order valence-electron chi connectivity index (χ0n) is 13.0. The van der Waals surface area contributed by atoms with Crippen LogP contribution in [-0.2, 0) is 19.2 Å². The van der Waals surface area contributed by atoms with Crippen molar-refractivity contribution in [2.75, 3.05) is 0 Å². The van der Waals surface area contributed by atoms with Gasteiger partial charge in [-0.05, 0) is 12.8 Å².